The van der Waals surface area contributed by atoms with Crippen molar-refractivity contribution in [3.8, 4) is 11.5 Å². The number of aromatic nitrogens is 3. The molecule has 1 aliphatic carbocycles. The van der Waals surface area contributed by atoms with Crippen molar-refractivity contribution in [2.45, 2.75) is 25.3 Å². The average Bonchev–Trinajstić information content (AvgIpc) is 3.26. The van der Waals surface area contributed by atoms with Gasteiger partial charge < -0.3 is 14.8 Å². The van der Waals surface area contributed by atoms with Crippen LogP contribution in [-0.2, 0) is 0 Å². The molecule has 0 bridgehead atoms. The van der Waals surface area contributed by atoms with Crippen molar-refractivity contribution < 1.29 is 9.47 Å². The summed E-state index contributed by atoms with van der Waals surface area (Å²) in [7, 11) is 3.42. The third kappa shape index (κ3) is 3.05. The summed E-state index contributed by atoms with van der Waals surface area (Å²) < 4.78 is 13.2. The fourth-order valence-corrected chi connectivity index (χ4v) is 4.48. The summed E-state index contributed by atoms with van der Waals surface area (Å²) in [6.45, 7) is 0. The number of benzene rings is 2. The van der Waals surface area contributed by atoms with Gasteiger partial charge in [-0.3, -0.25) is 0 Å². The van der Waals surface area contributed by atoms with Crippen molar-refractivity contribution in [2.75, 3.05) is 19.5 Å². The van der Waals surface area contributed by atoms with Gasteiger partial charge >= 0.3 is 0 Å². The van der Waals surface area contributed by atoms with Gasteiger partial charge in [-0.05, 0) is 48.6 Å². The monoisotopic (exact) mass is 400 g/mol. The summed E-state index contributed by atoms with van der Waals surface area (Å²) in [4.78, 5) is 4.47. The van der Waals surface area contributed by atoms with Gasteiger partial charge in [-0.1, -0.05) is 36.4 Å². The number of nitrogens with one attached hydrogen (secondary N) is 1. The molecule has 0 saturated heterocycles. The normalized spacial score (nSPS) is 19.1. The Morgan fingerprint density at radius 1 is 1.00 bits per heavy atom. The fraction of sp³-hybridized carbons (Fsp3) is 0.250. The lowest BCUT2D eigenvalue weighted by Gasteiger charge is -2.35. The Hall–Kier alpha value is -3.54. The van der Waals surface area contributed by atoms with Crippen LogP contribution in [0.1, 0.15) is 36.4 Å². The summed E-state index contributed by atoms with van der Waals surface area (Å²) in [5.41, 5.74) is 5.88. The lowest BCUT2D eigenvalue weighted by atomic mass is 9.83. The Morgan fingerprint density at radius 2 is 1.77 bits per heavy atom. The molecule has 30 heavy (non-hydrogen) atoms. The van der Waals surface area contributed by atoms with Crippen molar-refractivity contribution >= 4 is 12.0 Å². The van der Waals surface area contributed by atoms with Crippen LogP contribution in [0.15, 0.2) is 71.7 Å². The second-order valence-electron chi connectivity index (χ2n) is 7.46. The molecule has 3 aromatic rings. The minimum absolute atomic E-state index is 0.0451. The van der Waals surface area contributed by atoms with E-state index < -0.39 is 0 Å². The maximum Gasteiger partial charge on any atom is 0.226 e. The van der Waals surface area contributed by atoms with Gasteiger partial charge in [-0.2, -0.15) is 10.1 Å². The Morgan fingerprint density at radius 3 is 2.60 bits per heavy atom. The van der Waals surface area contributed by atoms with Gasteiger partial charge in [-0.25, -0.2) is 4.68 Å². The maximum atomic E-state index is 5.69. The molecular formula is C24H24N4O2. The molecule has 0 saturated carbocycles. The molecule has 5 rings (SSSR count). The number of anilines is 1. The van der Waals surface area contributed by atoms with Gasteiger partial charge in [0.15, 0.2) is 0 Å². The molecule has 0 radical (unpaired) electrons. The number of rotatable bonds is 4. The first-order valence-corrected chi connectivity index (χ1v) is 10.2. The number of hydrogen-bond donors (Lipinski definition) is 1. The molecule has 2 aromatic carbocycles. The summed E-state index contributed by atoms with van der Waals surface area (Å²) >= 11 is 0. The molecule has 2 heterocycles. The van der Waals surface area contributed by atoms with E-state index in [9.17, 15) is 0 Å². The minimum atomic E-state index is -0.0451. The molecule has 1 aromatic heterocycles. The lowest BCUT2D eigenvalue weighted by Crippen LogP contribution is -2.28. The molecule has 0 unspecified atom stereocenters. The van der Waals surface area contributed by atoms with E-state index in [4.69, 9.17) is 9.47 Å². The van der Waals surface area contributed by atoms with Crippen LogP contribution < -0.4 is 14.8 Å². The average molecular weight is 400 g/mol. The van der Waals surface area contributed by atoms with Crippen molar-refractivity contribution in [2.24, 2.45) is 0 Å². The van der Waals surface area contributed by atoms with E-state index in [1.165, 1.54) is 11.1 Å². The zero-order valence-corrected chi connectivity index (χ0v) is 17.1. The minimum Gasteiger partial charge on any atom is -0.496 e. The smallest absolute Gasteiger partial charge is 0.226 e. The second-order valence-corrected chi connectivity index (χ2v) is 7.46. The number of fused-ring (bicyclic) bond motifs is 1. The second kappa shape index (κ2) is 7.71. The molecule has 0 spiro atoms. The summed E-state index contributed by atoms with van der Waals surface area (Å²) in [6.07, 6.45) is 6.90. The van der Waals surface area contributed by atoms with E-state index in [1.54, 1.807) is 20.5 Å². The third-order valence-electron chi connectivity index (χ3n) is 5.82. The summed E-state index contributed by atoms with van der Waals surface area (Å²) in [5, 5.41) is 8.07. The predicted molar refractivity (Wildman–Crippen MR) is 117 cm³/mol. The van der Waals surface area contributed by atoms with E-state index in [0.29, 0.717) is 0 Å². The van der Waals surface area contributed by atoms with E-state index in [0.717, 1.165) is 53.5 Å². The van der Waals surface area contributed by atoms with E-state index in [2.05, 4.69) is 33.6 Å². The first-order chi connectivity index (χ1) is 14.8. The Kier molecular flexibility index (Phi) is 4.75. The summed E-state index contributed by atoms with van der Waals surface area (Å²) in [5.74, 6) is 2.48. The van der Waals surface area contributed by atoms with Crippen LogP contribution >= 0.6 is 0 Å². The fourth-order valence-electron chi connectivity index (χ4n) is 4.48. The van der Waals surface area contributed by atoms with Crippen LogP contribution in [0.5, 0.6) is 11.5 Å². The molecule has 6 nitrogen and oxygen atoms in total. The highest BCUT2D eigenvalue weighted by Crippen LogP contribution is 2.45. The van der Waals surface area contributed by atoms with Crippen LogP contribution in [0.3, 0.4) is 0 Å². The highest BCUT2D eigenvalue weighted by molar-refractivity contribution is 5.68. The first kappa shape index (κ1) is 18.5. The predicted octanol–water partition coefficient (Wildman–Crippen LogP) is 4.83. The van der Waals surface area contributed by atoms with Gasteiger partial charge in [0, 0.05) is 16.8 Å². The van der Waals surface area contributed by atoms with Crippen molar-refractivity contribution in [1.82, 2.24) is 14.8 Å². The SMILES string of the molecule is COc1ccccc1/C=C1/CCCC2=C1Nc1ncnn1[C@H]2c1ccccc1OC. The Bertz CT molecular complexity index is 1150. The zero-order chi connectivity index (χ0) is 20.5. The highest BCUT2D eigenvalue weighted by atomic mass is 16.5. The molecule has 2 aliphatic rings. The Labute approximate surface area is 175 Å². The largest absolute Gasteiger partial charge is 0.496 e. The summed E-state index contributed by atoms with van der Waals surface area (Å²) in [6, 6.07) is 16.2. The molecule has 1 atom stereocenters. The molecule has 1 N–H and O–H groups in total. The van der Waals surface area contributed by atoms with Crippen LogP contribution in [0.2, 0.25) is 0 Å². The van der Waals surface area contributed by atoms with Gasteiger partial charge in [0.2, 0.25) is 5.95 Å². The van der Waals surface area contributed by atoms with Crippen LogP contribution in [0.25, 0.3) is 6.08 Å². The molecule has 0 fully saturated rings. The first-order valence-electron chi connectivity index (χ1n) is 10.2. The third-order valence-corrected chi connectivity index (χ3v) is 5.82. The number of hydrogen-bond acceptors (Lipinski definition) is 5. The molecule has 152 valence electrons. The van der Waals surface area contributed by atoms with Crippen LogP contribution in [-0.4, -0.2) is 29.0 Å². The highest BCUT2D eigenvalue weighted by Gasteiger charge is 2.34. The van der Waals surface area contributed by atoms with Gasteiger partial charge in [-0.15, -0.1) is 0 Å². The van der Waals surface area contributed by atoms with Crippen molar-refractivity contribution in [3.63, 3.8) is 0 Å². The van der Waals surface area contributed by atoms with Crippen molar-refractivity contribution in [1.29, 1.82) is 0 Å². The number of allylic oxidation sites excluding steroid dienone is 2. The van der Waals surface area contributed by atoms with Gasteiger partial charge in [0.1, 0.15) is 23.9 Å². The topological polar surface area (TPSA) is 61.2 Å². The Balaban J connectivity index is 1.67. The lowest BCUT2D eigenvalue weighted by molar-refractivity contribution is 0.400. The molecule has 6 heteroatoms. The number of para-hydroxylation sites is 2. The van der Waals surface area contributed by atoms with Gasteiger partial charge in [0.05, 0.1) is 14.2 Å². The van der Waals surface area contributed by atoms with E-state index >= 15 is 0 Å². The van der Waals surface area contributed by atoms with E-state index in [1.807, 2.05) is 41.1 Å². The number of nitrogens with zero attached hydrogens (tertiary/aromatic N) is 3. The zero-order valence-electron chi connectivity index (χ0n) is 17.1. The molecular weight excluding hydrogens is 376 g/mol. The standard InChI is InChI=1S/C24H24N4O2/c1-29-20-12-5-3-8-16(20)14-17-9-7-11-19-22(17)27-24-25-15-26-28(24)23(19)18-10-4-6-13-21(18)30-2/h3-6,8,10,12-15,23H,7,9,11H2,1-2H3,(H,25,26,27)/b17-14-/t23-/m0/s1. The number of methoxy groups -OCH3 is 2. The van der Waals surface area contributed by atoms with Crippen LogP contribution in [0.4, 0.5) is 5.95 Å². The molecule has 0 amide bonds. The maximum absolute atomic E-state index is 5.69. The molecule has 1 aliphatic heterocycles. The van der Waals surface area contributed by atoms with Gasteiger partial charge in [0.25, 0.3) is 0 Å². The van der Waals surface area contributed by atoms with E-state index in [-0.39, 0.29) is 6.04 Å². The number of ether oxygens (including phenoxy) is 2. The van der Waals surface area contributed by atoms with Crippen molar-refractivity contribution in [3.05, 3.63) is 82.8 Å². The van der Waals surface area contributed by atoms with Crippen LogP contribution in [0, 0.1) is 0 Å². The quantitative estimate of drug-likeness (QED) is 0.680.